The Kier molecular flexibility index (Phi) is 6.90. The minimum Gasteiger partial charge on any atom is -0.455 e. The molecule has 0 bridgehead atoms. The van der Waals surface area contributed by atoms with E-state index in [1.165, 1.54) is 54.2 Å². The third-order valence-electron chi connectivity index (χ3n) is 11.0. The molecule has 0 aliphatic carbocycles. The zero-order valence-electron chi connectivity index (χ0n) is 29.4. The molecule has 0 aliphatic rings. The summed E-state index contributed by atoms with van der Waals surface area (Å²) in [6, 6.07) is 72.2. The Labute approximate surface area is 312 Å². The van der Waals surface area contributed by atoms with E-state index in [4.69, 9.17) is 4.42 Å². The van der Waals surface area contributed by atoms with Crippen molar-refractivity contribution >= 4 is 82.1 Å². The second-order valence-corrected chi connectivity index (χ2v) is 14.0. The minimum absolute atomic E-state index is 0.870. The van der Waals surface area contributed by atoms with Gasteiger partial charge in [0.25, 0.3) is 0 Å². The molecule has 0 fully saturated rings. The van der Waals surface area contributed by atoms with Crippen LogP contribution in [0, 0.1) is 0 Å². The first kappa shape index (κ1) is 30.5. The molecule has 0 amide bonds. The van der Waals surface area contributed by atoms with Gasteiger partial charge in [0.2, 0.25) is 0 Å². The molecule has 1 aromatic heterocycles. The second kappa shape index (κ2) is 12.2. The number of fused-ring (bicyclic) bond motifs is 9. The number of rotatable bonds is 5. The molecule has 252 valence electrons. The average molecular weight is 688 g/mol. The summed E-state index contributed by atoms with van der Waals surface area (Å²) in [4.78, 5) is 2.48. The van der Waals surface area contributed by atoms with E-state index in [1.54, 1.807) is 0 Å². The molecule has 11 rings (SSSR count). The molecule has 2 heteroatoms. The molecule has 0 atom stereocenters. The number of hydrogen-bond donors (Lipinski definition) is 0. The van der Waals surface area contributed by atoms with E-state index in [1.807, 2.05) is 0 Å². The molecular formula is C52H33NO. The number of furan rings is 1. The molecule has 0 unspecified atom stereocenters. The Morgan fingerprint density at radius 3 is 1.69 bits per heavy atom. The van der Waals surface area contributed by atoms with Gasteiger partial charge in [-0.15, -0.1) is 0 Å². The highest BCUT2D eigenvalue weighted by atomic mass is 16.3. The van der Waals surface area contributed by atoms with Gasteiger partial charge in [-0.05, 0) is 79.3 Å². The van der Waals surface area contributed by atoms with Gasteiger partial charge in [0.1, 0.15) is 11.2 Å². The summed E-state index contributed by atoms with van der Waals surface area (Å²) in [5.41, 5.74) is 9.63. The van der Waals surface area contributed by atoms with E-state index in [0.717, 1.165) is 50.1 Å². The number of anilines is 3. The van der Waals surface area contributed by atoms with Crippen LogP contribution in [0.1, 0.15) is 0 Å². The van der Waals surface area contributed by atoms with Crippen LogP contribution in [-0.2, 0) is 0 Å². The lowest BCUT2D eigenvalue weighted by molar-refractivity contribution is 0.670. The standard InChI is InChI=1S/C52H33NO/c1-2-13-34(14-3-1)35-25-27-37(28-26-35)41-31-32-48(51-46-21-10-11-24-50(46)54-52(41)51)53(47-23-12-22-43-39-17-6-4-15-36(39)29-30-45(43)47)49-33-38-16-5-7-18-40(38)42-19-8-9-20-44(42)49/h1-33H. The molecule has 54 heavy (non-hydrogen) atoms. The Hall–Kier alpha value is -7.16. The number of nitrogens with zero attached hydrogens (tertiary/aromatic N) is 1. The molecule has 10 aromatic carbocycles. The van der Waals surface area contributed by atoms with Crippen molar-refractivity contribution in [2.24, 2.45) is 0 Å². The van der Waals surface area contributed by atoms with Crippen molar-refractivity contribution in [1.82, 2.24) is 0 Å². The average Bonchev–Trinajstić information content (AvgIpc) is 3.64. The van der Waals surface area contributed by atoms with Crippen LogP contribution in [-0.4, -0.2) is 0 Å². The third kappa shape index (κ3) is 4.74. The second-order valence-electron chi connectivity index (χ2n) is 14.0. The zero-order valence-corrected chi connectivity index (χ0v) is 29.4. The Morgan fingerprint density at radius 2 is 0.889 bits per heavy atom. The fourth-order valence-electron chi connectivity index (χ4n) is 8.52. The monoisotopic (exact) mass is 687 g/mol. The van der Waals surface area contributed by atoms with Crippen LogP contribution in [0.25, 0.3) is 87.3 Å². The first-order valence-electron chi connectivity index (χ1n) is 18.5. The Balaban J connectivity index is 1.23. The number of para-hydroxylation sites is 1. The molecule has 0 spiro atoms. The van der Waals surface area contributed by atoms with E-state index in [9.17, 15) is 0 Å². The van der Waals surface area contributed by atoms with Crippen molar-refractivity contribution in [3.05, 3.63) is 200 Å². The molecular weight excluding hydrogens is 655 g/mol. The summed E-state index contributed by atoms with van der Waals surface area (Å²) in [6.45, 7) is 0. The third-order valence-corrected chi connectivity index (χ3v) is 11.0. The van der Waals surface area contributed by atoms with Crippen LogP contribution < -0.4 is 4.90 Å². The van der Waals surface area contributed by atoms with E-state index >= 15 is 0 Å². The smallest absolute Gasteiger partial charge is 0.145 e. The van der Waals surface area contributed by atoms with Gasteiger partial charge < -0.3 is 9.32 Å². The summed E-state index contributed by atoms with van der Waals surface area (Å²) < 4.78 is 6.89. The topological polar surface area (TPSA) is 16.4 Å². The van der Waals surface area contributed by atoms with Crippen LogP contribution in [0.2, 0.25) is 0 Å². The van der Waals surface area contributed by atoms with E-state index < -0.39 is 0 Å². The van der Waals surface area contributed by atoms with Crippen LogP contribution in [0.5, 0.6) is 0 Å². The van der Waals surface area contributed by atoms with Gasteiger partial charge in [0, 0.05) is 21.7 Å². The van der Waals surface area contributed by atoms with Crippen molar-refractivity contribution in [2.75, 3.05) is 4.90 Å². The molecule has 0 saturated heterocycles. The fourth-order valence-corrected chi connectivity index (χ4v) is 8.52. The van der Waals surface area contributed by atoms with Gasteiger partial charge in [0.05, 0.1) is 22.4 Å². The van der Waals surface area contributed by atoms with Crippen molar-refractivity contribution in [3.8, 4) is 22.3 Å². The SMILES string of the molecule is c1ccc(-c2ccc(-c3ccc(N(c4cccc5c4ccc4ccccc45)c4cc5ccccc5c5ccccc45)c4c3oc3ccccc34)cc2)cc1. The van der Waals surface area contributed by atoms with Crippen molar-refractivity contribution in [3.63, 3.8) is 0 Å². The van der Waals surface area contributed by atoms with Gasteiger partial charge in [-0.2, -0.15) is 0 Å². The van der Waals surface area contributed by atoms with Gasteiger partial charge in [0.15, 0.2) is 0 Å². The maximum Gasteiger partial charge on any atom is 0.145 e. The van der Waals surface area contributed by atoms with Crippen LogP contribution in [0.15, 0.2) is 205 Å². The first-order valence-corrected chi connectivity index (χ1v) is 18.5. The molecule has 0 saturated carbocycles. The quantitative estimate of drug-likeness (QED) is 0.168. The summed E-state index contributed by atoms with van der Waals surface area (Å²) in [5, 5.41) is 11.9. The Bertz CT molecular complexity index is 3210. The molecule has 0 N–H and O–H groups in total. The van der Waals surface area contributed by atoms with Crippen LogP contribution in [0.3, 0.4) is 0 Å². The van der Waals surface area contributed by atoms with Gasteiger partial charge in [-0.25, -0.2) is 0 Å². The first-order chi connectivity index (χ1) is 26.8. The fraction of sp³-hybridized carbons (Fsp3) is 0. The van der Waals surface area contributed by atoms with Crippen LogP contribution >= 0.6 is 0 Å². The Morgan fingerprint density at radius 1 is 0.315 bits per heavy atom. The number of hydrogen-bond acceptors (Lipinski definition) is 2. The molecule has 11 aromatic rings. The van der Waals surface area contributed by atoms with Crippen LogP contribution in [0.4, 0.5) is 17.1 Å². The normalized spacial score (nSPS) is 11.7. The minimum atomic E-state index is 0.870. The summed E-state index contributed by atoms with van der Waals surface area (Å²) >= 11 is 0. The summed E-state index contributed by atoms with van der Waals surface area (Å²) in [7, 11) is 0. The lowest BCUT2D eigenvalue weighted by atomic mass is 9.95. The lowest BCUT2D eigenvalue weighted by Gasteiger charge is -2.30. The molecule has 2 nitrogen and oxygen atoms in total. The maximum atomic E-state index is 6.89. The predicted molar refractivity (Wildman–Crippen MR) is 229 cm³/mol. The molecule has 0 radical (unpaired) electrons. The summed E-state index contributed by atoms with van der Waals surface area (Å²) in [5.74, 6) is 0. The maximum absolute atomic E-state index is 6.89. The predicted octanol–water partition coefficient (Wildman–Crippen LogP) is 15.0. The highest BCUT2D eigenvalue weighted by molar-refractivity contribution is 6.22. The largest absolute Gasteiger partial charge is 0.455 e. The van der Waals surface area contributed by atoms with E-state index in [0.29, 0.717) is 0 Å². The van der Waals surface area contributed by atoms with Crippen molar-refractivity contribution < 1.29 is 4.42 Å². The number of benzene rings is 10. The zero-order chi connectivity index (χ0) is 35.6. The summed E-state index contributed by atoms with van der Waals surface area (Å²) in [6.07, 6.45) is 0. The molecule has 1 heterocycles. The van der Waals surface area contributed by atoms with E-state index in [-0.39, 0.29) is 0 Å². The highest BCUT2D eigenvalue weighted by Crippen LogP contribution is 2.50. The van der Waals surface area contributed by atoms with E-state index in [2.05, 4.69) is 205 Å². The van der Waals surface area contributed by atoms with Crippen molar-refractivity contribution in [2.45, 2.75) is 0 Å². The lowest BCUT2D eigenvalue weighted by Crippen LogP contribution is -2.12. The van der Waals surface area contributed by atoms with Gasteiger partial charge in [-0.1, -0.05) is 170 Å². The van der Waals surface area contributed by atoms with Crippen molar-refractivity contribution in [1.29, 1.82) is 0 Å². The highest BCUT2D eigenvalue weighted by Gasteiger charge is 2.25. The molecule has 0 aliphatic heterocycles. The van der Waals surface area contributed by atoms with Gasteiger partial charge in [-0.3, -0.25) is 0 Å². The van der Waals surface area contributed by atoms with Gasteiger partial charge >= 0.3 is 0 Å².